The zero-order chi connectivity index (χ0) is 24.4. The molecule has 0 bridgehead atoms. The number of benzene rings is 2. The first-order valence-corrected chi connectivity index (χ1v) is 10.7. The zero-order valence-electron chi connectivity index (χ0n) is 18.8. The second-order valence-electron chi connectivity index (χ2n) is 9.00. The number of carbonyl (C=O) groups is 2. The zero-order valence-corrected chi connectivity index (χ0v) is 18.8. The quantitative estimate of drug-likeness (QED) is 0.589. The van der Waals surface area contributed by atoms with E-state index in [1.165, 1.54) is 17.9 Å². The smallest absolute Gasteiger partial charge is 0.340 e. The first-order valence-electron chi connectivity index (χ1n) is 10.7. The van der Waals surface area contributed by atoms with E-state index in [0.717, 1.165) is 11.6 Å². The van der Waals surface area contributed by atoms with Crippen molar-refractivity contribution in [2.75, 3.05) is 18.0 Å². The Hall–Kier alpha value is -3.69. The van der Waals surface area contributed by atoms with Crippen molar-refractivity contribution in [3.63, 3.8) is 0 Å². The number of fused-ring (bicyclic) bond motifs is 1. The van der Waals surface area contributed by atoms with Crippen molar-refractivity contribution in [3.8, 4) is 0 Å². The van der Waals surface area contributed by atoms with Crippen molar-refractivity contribution < 1.29 is 22.8 Å². The van der Waals surface area contributed by atoms with Gasteiger partial charge in [-0.25, -0.2) is 0 Å². The lowest BCUT2D eigenvalue weighted by molar-refractivity contribution is -0.138. The van der Waals surface area contributed by atoms with Crippen LogP contribution in [0, 0.1) is 6.92 Å². The summed E-state index contributed by atoms with van der Waals surface area (Å²) >= 11 is 0. The average Bonchev–Trinajstić information content (AvgIpc) is 3.30. The van der Waals surface area contributed by atoms with Crippen LogP contribution >= 0.6 is 0 Å². The van der Waals surface area contributed by atoms with Gasteiger partial charge in [0.15, 0.2) is 0 Å². The molecule has 34 heavy (non-hydrogen) atoms. The summed E-state index contributed by atoms with van der Waals surface area (Å²) in [7, 11) is 1.82. The van der Waals surface area contributed by atoms with E-state index in [9.17, 15) is 22.8 Å². The molecule has 7 nitrogen and oxygen atoms in total. The average molecular weight is 469 g/mol. The molecule has 0 N–H and O–H groups in total. The highest BCUT2D eigenvalue weighted by atomic mass is 19.4. The molecule has 2 amide bonds. The van der Waals surface area contributed by atoms with E-state index >= 15 is 0 Å². The standard InChI is InChI=1S/C24H22F3N5O2/c1-14-7-18-19(20(8-14)24(25,26)27)10-32(21(18)34)17-6-4-5-16(9-17)23(11-31(12-23)15(2)33)22-29-28-13-30(22)3/h4-9,13H,10-12H2,1-3H3. The normalized spacial score (nSPS) is 17.1. The van der Waals surface area contributed by atoms with Crippen molar-refractivity contribution in [2.45, 2.75) is 32.0 Å². The third kappa shape index (κ3) is 3.27. The summed E-state index contributed by atoms with van der Waals surface area (Å²) in [5.74, 6) is 0.148. The molecule has 0 unspecified atom stereocenters. The molecule has 0 aliphatic carbocycles. The highest BCUT2D eigenvalue weighted by Crippen LogP contribution is 2.43. The second-order valence-corrected chi connectivity index (χ2v) is 9.00. The molecule has 1 aromatic heterocycles. The Balaban J connectivity index is 1.55. The van der Waals surface area contributed by atoms with Crippen LogP contribution in [0.25, 0.3) is 0 Å². The monoisotopic (exact) mass is 469 g/mol. The molecule has 2 aromatic carbocycles. The van der Waals surface area contributed by atoms with Gasteiger partial charge < -0.3 is 14.4 Å². The molecule has 0 saturated carbocycles. The molecule has 10 heteroatoms. The number of amides is 2. The fourth-order valence-corrected chi connectivity index (χ4v) is 4.98. The van der Waals surface area contributed by atoms with Crippen LogP contribution in [0.15, 0.2) is 42.7 Å². The first-order chi connectivity index (χ1) is 16.0. The lowest BCUT2D eigenvalue weighted by atomic mass is 9.72. The summed E-state index contributed by atoms with van der Waals surface area (Å²) in [6.45, 7) is 3.67. The van der Waals surface area contributed by atoms with Gasteiger partial charge in [-0.15, -0.1) is 10.2 Å². The number of hydrogen-bond donors (Lipinski definition) is 0. The molecule has 0 atom stereocenters. The minimum Gasteiger partial charge on any atom is -0.340 e. The molecule has 1 fully saturated rings. The van der Waals surface area contributed by atoms with Crippen LogP contribution in [0.1, 0.15) is 45.4 Å². The van der Waals surface area contributed by atoms with Crippen LogP contribution in [0.5, 0.6) is 0 Å². The van der Waals surface area contributed by atoms with Gasteiger partial charge in [0.1, 0.15) is 12.2 Å². The number of hydrogen-bond acceptors (Lipinski definition) is 4. The van der Waals surface area contributed by atoms with Crippen LogP contribution < -0.4 is 4.90 Å². The minimum absolute atomic E-state index is 0.0112. The molecule has 3 heterocycles. The molecule has 0 spiro atoms. The van der Waals surface area contributed by atoms with E-state index in [0.29, 0.717) is 30.2 Å². The number of carbonyl (C=O) groups excluding carboxylic acids is 2. The van der Waals surface area contributed by atoms with Crippen molar-refractivity contribution >= 4 is 17.5 Å². The van der Waals surface area contributed by atoms with Gasteiger partial charge in [-0.2, -0.15) is 13.2 Å². The summed E-state index contributed by atoms with van der Waals surface area (Å²) < 4.78 is 42.8. The summed E-state index contributed by atoms with van der Waals surface area (Å²) in [6.07, 6.45) is -2.97. The Labute approximate surface area is 193 Å². The van der Waals surface area contributed by atoms with E-state index in [-0.39, 0.29) is 23.6 Å². The second kappa shape index (κ2) is 7.41. The van der Waals surface area contributed by atoms with E-state index < -0.39 is 23.1 Å². The molecule has 3 aromatic rings. The summed E-state index contributed by atoms with van der Waals surface area (Å²) in [5.41, 5.74) is 0.351. The maximum Gasteiger partial charge on any atom is 0.416 e. The Morgan fingerprint density at radius 3 is 2.50 bits per heavy atom. The SMILES string of the molecule is CC(=O)N1CC(c2cccc(N3Cc4c(cc(C)cc4C(F)(F)F)C3=O)c2)(c2nncn2C)C1. The maximum atomic E-state index is 13.7. The van der Waals surface area contributed by atoms with Gasteiger partial charge in [0, 0.05) is 38.3 Å². The Morgan fingerprint density at radius 1 is 1.15 bits per heavy atom. The predicted octanol–water partition coefficient (Wildman–Crippen LogP) is 3.45. The lowest BCUT2D eigenvalue weighted by Gasteiger charge is -2.49. The van der Waals surface area contributed by atoms with Crippen LogP contribution in [0.3, 0.4) is 0 Å². The third-order valence-electron chi connectivity index (χ3n) is 6.71. The van der Waals surface area contributed by atoms with Gasteiger partial charge >= 0.3 is 6.18 Å². The van der Waals surface area contributed by atoms with E-state index in [1.54, 1.807) is 40.9 Å². The minimum atomic E-state index is -4.55. The Morgan fingerprint density at radius 2 is 1.88 bits per heavy atom. The summed E-state index contributed by atoms with van der Waals surface area (Å²) in [5, 5.41) is 8.26. The summed E-state index contributed by atoms with van der Waals surface area (Å²) in [6, 6.07) is 9.75. The molecular formula is C24H22F3N5O2. The first kappa shape index (κ1) is 22.1. The fraction of sp³-hybridized carbons (Fsp3) is 0.333. The molecule has 2 aliphatic rings. The van der Waals surface area contributed by atoms with Gasteiger partial charge in [-0.05, 0) is 47.9 Å². The number of aromatic nitrogens is 3. The van der Waals surface area contributed by atoms with Crippen LogP contribution in [0.2, 0.25) is 0 Å². The molecule has 0 radical (unpaired) electrons. The van der Waals surface area contributed by atoms with Gasteiger partial charge in [0.05, 0.1) is 17.5 Å². The molecular weight excluding hydrogens is 447 g/mol. The van der Waals surface area contributed by atoms with Gasteiger partial charge in [0.2, 0.25) is 5.91 Å². The number of likely N-dealkylation sites (tertiary alicyclic amines) is 1. The van der Waals surface area contributed by atoms with Crippen LogP contribution in [-0.2, 0) is 30.0 Å². The van der Waals surface area contributed by atoms with Crippen molar-refractivity contribution in [1.29, 1.82) is 0 Å². The molecule has 5 rings (SSSR count). The van der Waals surface area contributed by atoms with E-state index in [1.807, 2.05) is 13.1 Å². The number of rotatable bonds is 3. The highest BCUT2D eigenvalue weighted by Gasteiger charge is 2.50. The maximum absolute atomic E-state index is 13.7. The van der Waals surface area contributed by atoms with E-state index in [4.69, 9.17) is 0 Å². The highest BCUT2D eigenvalue weighted by molar-refractivity contribution is 6.10. The van der Waals surface area contributed by atoms with E-state index in [2.05, 4.69) is 10.2 Å². The summed E-state index contributed by atoms with van der Waals surface area (Å²) in [4.78, 5) is 28.2. The van der Waals surface area contributed by atoms with Crippen molar-refractivity contribution in [1.82, 2.24) is 19.7 Å². The van der Waals surface area contributed by atoms with Crippen LogP contribution in [0.4, 0.5) is 18.9 Å². The Kier molecular flexibility index (Phi) is 4.82. The predicted molar refractivity (Wildman–Crippen MR) is 117 cm³/mol. The largest absolute Gasteiger partial charge is 0.416 e. The number of aryl methyl sites for hydroxylation is 2. The van der Waals surface area contributed by atoms with Crippen molar-refractivity contribution in [2.24, 2.45) is 7.05 Å². The molecule has 176 valence electrons. The number of nitrogens with zero attached hydrogens (tertiary/aromatic N) is 5. The van der Waals surface area contributed by atoms with Gasteiger partial charge in [-0.3, -0.25) is 9.59 Å². The lowest BCUT2D eigenvalue weighted by Crippen LogP contribution is -2.62. The van der Waals surface area contributed by atoms with Gasteiger partial charge in [0.25, 0.3) is 5.91 Å². The topological polar surface area (TPSA) is 71.3 Å². The number of anilines is 1. The third-order valence-corrected chi connectivity index (χ3v) is 6.71. The molecule has 2 aliphatic heterocycles. The molecule has 1 saturated heterocycles. The van der Waals surface area contributed by atoms with Crippen molar-refractivity contribution in [3.05, 3.63) is 76.4 Å². The van der Waals surface area contributed by atoms with Crippen LogP contribution in [-0.4, -0.2) is 44.6 Å². The number of halogens is 3. The fourth-order valence-electron chi connectivity index (χ4n) is 4.98. The number of alkyl halides is 3. The van der Waals surface area contributed by atoms with Gasteiger partial charge in [-0.1, -0.05) is 12.1 Å². The Bertz CT molecular complexity index is 1320.